The SMILES string of the molecule is c1ccc(-c2oc3c(ccc4c5cc(-c6c7ccccc7c(-c7ccc8c(c7)oc7ccccc78)c7ccccc67)ccc5oc43)c2-c2ccccc2)cc1. The topological polar surface area (TPSA) is 39.4 Å². The van der Waals surface area contributed by atoms with E-state index in [-0.39, 0.29) is 0 Å². The Morgan fingerprint density at radius 1 is 0.236 bits per heavy atom. The number of para-hydroxylation sites is 1. The Hall–Kier alpha value is -7.36. The van der Waals surface area contributed by atoms with Gasteiger partial charge in [0.25, 0.3) is 0 Å². The summed E-state index contributed by atoms with van der Waals surface area (Å²) in [7, 11) is 0. The van der Waals surface area contributed by atoms with Crippen LogP contribution in [0.3, 0.4) is 0 Å². The van der Waals surface area contributed by atoms with Crippen molar-refractivity contribution in [2.45, 2.75) is 0 Å². The summed E-state index contributed by atoms with van der Waals surface area (Å²) < 4.78 is 19.9. The van der Waals surface area contributed by atoms with E-state index in [1.54, 1.807) is 0 Å². The van der Waals surface area contributed by atoms with E-state index in [2.05, 4.69) is 158 Å². The molecular formula is C52H30O3. The first-order chi connectivity index (χ1) is 27.3. The van der Waals surface area contributed by atoms with Crippen molar-refractivity contribution >= 4 is 76.4 Å². The molecule has 0 aliphatic rings. The fourth-order valence-electron chi connectivity index (χ4n) is 8.86. The van der Waals surface area contributed by atoms with E-state index >= 15 is 0 Å². The number of furan rings is 3. The van der Waals surface area contributed by atoms with Gasteiger partial charge >= 0.3 is 0 Å². The van der Waals surface area contributed by atoms with Crippen LogP contribution in [0.4, 0.5) is 0 Å². The van der Waals surface area contributed by atoms with Crippen molar-refractivity contribution in [1.29, 1.82) is 0 Å². The second-order valence-electron chi connectivity index (χ2n) is 14.3. The molecular weight excluding hydrogens is 673 g/mol. The second kappa shape index (κ2) is 11.6. The molecule has 0 aliphatic carbocycles. The van der Waals surface area contributed by atoms with E-state index in [9.17, 15) is 0 Å². The minimum atomic E-state index is 0.759. The smallest absolute Gasteiger partial charge is 0.178 e. The molecule has 0 radical (unpaired) electrons. The Morgan fingerprint density at radius 3 is 1.42 bits per heavy atom. The van der Waals surface area contributed by atoms with Crippen molar-refractivity contribution in [3.8, 4) is 44.7 Å². The normalized spacial score (nSPS) is 12.0. The molecule has 3 aromatic heterocycles. The fraction of sp³-hybridized carbons (Fsp3) is 0. The van der Waals surface area contributed by atoms with Crippen LogP contribution in [0.5, 0.6) is 0 Å². The molecule has 0 fully saturated rings. The van der Waals surface area contributed by atoms with Crippen LogP contribution in [0, 0.1) is 0 Å². The lowest BCUT2D eigenvalue weighted by Crippen LogP contribution is -1.90. The van der Waals surface area contributed by atoms with Crippen LogP contribution in [-0.2, 0) is 0 Å². The van der Waals surface area contributed by atoms with Crippen molar-refractivity contribution in [2.24, 2.45) is 0 Å². The van der Waals surface area contributed by atoms with E-state index in [4.69, 9.17) is 13.3 Å². The molecule has 0 aliphatic heterocycles. The third-order valence-electron chi connectivity index (χ3n) is 11.3. The summed E-state index contributed by atoms with van der Waals surface area (Å²) in [4.78, 5) is 0. The lowest BCUT2D eigenvalue weighted by molar-refractivity contribution is 0.612. The van der Waals surface area contributed by atoms with E-state index in [1.165, 1.54) is 32.7 Å². The molecule has 0 bridgehead atoms. The molecule has 0 amide bonds. The summed E-state index contributed by atoms with van der Waals surface area (Å²) in [6.45, 7) is 0. The zero-order chi connectivity index (χ0) is 36.0. The van der Waals surface area contributed by atoms with Gasteiger partial charge in [-0.3, -0.25) is 0 Å². The molecule has 0 N–H and O–H groups in total. The average molecular weight is 703 g/mol. The summed E-state index contributed by atoms with van der Waals surface area (Å²) in [6, 6.07) is 64.2. The van der Waals surface area contributed by atoms with Crippen molar-refractivity contribution in [3.05, 3.63) is 182 Å². The first-order valence-electron chi connectivity index (χ1n) is 18.7. The largest absolute Gasteiger partial charge is 0.456 e. The molecule has 0 spiro atoms. The van der Waals surface area contributed by atoms with Gasteiger partial charge in [0.2, 0.25) is 0 Å². The molecule has 0 saturated carbocycles. The molecule has 3 nitrogen and oxygen atoms in total. The van der Waals surface area contributed by atoms with Crippen molar-refractivity contribution in [2.75, 3.05) is 0 Å². The molecule has 0 saturated heterocycles. The second-order valence-corrected chi connectivity index (χ2v) is 14.3. The molecule has 0 unspecified atom stereocenters. The molecule has 9 aromatic carbocycles. The zero-order valence-corrected chi connectivity index (χ0v) is 29.5. The third kappa shape index (κ3) is 4.44. The monoisotopic (exact) mass is 702 g/mol. The lowest BCUT2D eigenvalue weighted by Gasteiger charge is -2.17. The summed E-state index contributed by atoms with van der Waals surface area (Å²) in [5.41, 5.74) is 12.0. The minimum Gasteiger partial charge on any atom is -0.456 e. The predicted octanol–water partition coefficient (Wildman–Crippen LogP) is 15.2. The first kappa shape index (κ1) is 30.1. The maximum atomic E-state index is 6.81. The van der Waals surface area contributed by atoms with E-state index in [0.717, 1.165) is 88.4 Å². The van der Waals surface area contributed by atoms with Crippen molar-refractivity contribution in [3.63, 3.8) is 0 Å². The van der Waals surface area contributed by atoms with Gasteiger partial charge in [-0.1, -0.05) is 140 Å². The number of hydrogen-bond acceptors (Lipinski definition) is 3. The predicted molar refractivity (Wildman–Crippen MR) is 228 cm³/mol. The van der Waals surface area contributed by atoms with Gasteiger partial charge in [-0.2, -0.15) is 0 Å². The summed E-state index contributed by atoms with van der Waals surface area (Å²) in [5, 5.41) is 10.2. The Balaban J connectivity index is 1.08. The van der Waals surface area contributed by atoms with Crippen molar-refractivity contribution in [1.82, 2.24) is 0 Å². The van der Waals surface area contributed by atoms with Crippen LogP contribution in [-0.4, -0.2) is 0 Å². The Kier molecular flexibility index (Phi) is 6.34. The molecule has 3 heterocycles. The van der Waals surface area contributed by atoms with Gasteiger partial charge in [0.05, 0.1) is 0 Å². The van der Waals surface area contributed by atoms with Crippen LogP contribution < -0.4 is 0 Å². The number of rotatable bonds is 4. The first-order valence-corrected chi connectivity index (χ1v) is 18.7. The quantitative estimate of drug-likeness (QED) is 0.171. The summed E-state index contributed by atoms with van der Waals surface area (Å²) in [6.07, 6.45) is 0. The van der Waals surface area contributed by atoms with Crippen LogP contribution in [0.1, 0.15) is 0 Å². The molecule has 12 aromatic rings. The maximum absolute atomic E-state index is 6.81. The summed E-state index contributed by atoms with van der Waals surface area (Å²) in [5.74, 6) is 0.841. The van der Waals surface area contributed by atoms with Crippen LogP contribution in [0.15, 0.2) is 195 Å². The molecule has 0 atom stereocenters. The highest BCUT2D eigenvalue weighted by molar-refractivity contribution is 6.23. The van der Waals surface area contributed by atoms with E-state index < -0.39 is 0 Å². The standard InChI is InChI=1S/C52H30O3/c1-3-13-31(14-4-1)49-42-27-26-41-43-29-33(24-28-45(43)54-51(41)52(42)55-50(49)32-15-5-2-6-16-32)47-37-18-7-9-20-39(37)48(40-21-10-8-19-38(40)47)34-23-25-36-35-17-11-12-22-44(35)53-46(36)30-34/h1-30H. The highest BCUT2D eigenvalue weighted by Gasteiger charge is 2.23. The van der Waals surface area contributed by atoms with Crippen molar-refractivity contribution < 1.29 is 13.3 Å². The Morgan fingerprint density at radius 2 is 0.727 bits per heavy atom. The van der Waals surface area contributed by atoms with Gasteiger partial charge in [0.1, 0.15) is 22.5 Å². The third-order valence-corrected chi connectivity index (χ3v) is 11.3. The minimum absolute atomic E-state index is 0.759. The number of fused-ring (bicyclic) bond motifs is 10. The van der Waals surface area contributed by atoms with E-state index in [1.807, 2.05) is 24.3 Å². The van der Waals surface area contributed by atoms with Crippen LogP contribution >= 0.6 is 0 Å². The van der Waals surface area contributed by atoms with Crippen LogP contribution in [0.25, 0.3) is 121 Å². The van der Waals surface area contributed by atoms with Gasteiger partial charge in [0, 0.05) is 38.1 Å². The maximum Gasteiger partial charge on any atom is 0.178 e. The average Bonchev–Trinajstić information content (AvgIpc) is 3.94. The summed E-state index contributed by atoms with van der Waals surface area (Å²) >= 11 is 0. The molecule has 55 heavy (non-hydrogen) atoms. The van der Waals surface area contributed by atoms with E-state index in [0.29, 0.717) is 0 Å². The Labute approximate surface area is 315 Å². The van der Waals surface area contributed by atoms with Gasteiger partial charge in [0.15, 0.2) is 11.2 Å². The van der Waals surface area contributed by atoms with Crippen LogP contribution in [0.2, 0.25) is 0 Å². The van der Waals surface area contributed by atoms with Gasteiger partial charge in [-0.15, -0.1) is 0 Å². The highest BCUT2D eigenvalue weighted by atomic mass is 16.4. The number of hydrogen-bond donors (Lipinski definition) is 0. The number of benzene rings is 9. The Bertz CT molecular complexity index is 3420. The van der Waals surface area contributed by atoms with Gasteiger partial charge < -0.3 is 13.3 Å². The lowest BCUT2D eigenvalue weighted by atomic mass is 9.85. The van der Waals surface area contributed by atoms with Gasteiger partial charge in [-0.25, -0.2) is 0 Å². The molecule has 256 valence electrons. The molecule has 3 heteroatoms. The highest BCUT2D eigenvalue weighted by Crippen LogP contribution is 2.48. The van der Waals surface area contributed by atoms with Gasteiger partial charge in [-0.05, 0) is 91.8 Å². The zero-order valence-electron chi connectivity index (χ0n) is 29.5. The molecule has 12 rings (SSSR count). The fourth-order valence-corrected chi connectivity index (χ4v) is 8.86.